The lowest BCUT2D eigenvalue weighted by atomic mass is 9.79. The molecule has 1 atom stereocenters. The van der Waals surface area contributed by atoms with E-state index in [4.69, 9.17) is 14.2 Å². The number of methoxy groups -OCH3 is 2. The summed E-state index contributed by atoms with van der Waals surface area (Å²) in [5.74, 6) is -1.49. The molecule has 0 saturated carbocycles. The fourth-order valence-electron chi connectivity index (χ4n) is 3.18. The average molecular weight is 447 g/mol. The van der Waals surface area contributed by atoms with Gasteiger partial charge < -0.3 is 24.4 Å². The van der Waals surface area contributed by atoms with Gasteiger partial charge in [-0.2, -0.15) is 0 Å². The maximum Gasteiger partial charge on any atom is 0.415 e. The topological polar surface area (TPSA) is 123 Å². The molecule has 0 bridgehead atoms. The second kappa shape index (κ2) is 9.33. The summed E-state index contributed by atoms with van der Waals surface area (Å²) in [5, 5.41) is 19.4. The zero-order valence-corrected chi connectivity index (χ0v) is 19.1. The van der Waals surface area contributed by atoms with E-state index in [1.807, 2.05) is 0 Å². The van der Waals surface area contributed by atoms with Gasteiger partial charge in [0.15, 0.2) is 0 Å². The molecule has 9 nitrogen and oxygen atoms in total. The van der Waals surface area contributed by atoms with Gasteiger partial charge in [0.2, 0.25) is 0 Å². The molecule has 1 aliphatic carbocycles. The van der Waals surface area contributed by atoms with E-state index in [-0.39, 0.29) is 24.2 Å². The van der Waals surface area contributed by atoms with Crippen molar-refractivity contribution in [3.8, 4) is 11.5 Å². The van der Waals surface area contributed by atoms with Crippen molar-refractivity contribution in [2.24, 2.45) is 5.41 Å². The summed E-state index contributed by atoms with van der Waals surface area (Å²) in [6, 6.07) is 5.03. The summed E-state index contributed by atoms with van der Waals surface area (Å²) in [7, 11) is 2.98. The summed E-state index contributed by atoms with van der Waals surface area (Å²) in [5.41, 5.74) is -1.80. The molecule has 1 amide bonds. The van der Waals surface area contributed by atoms with Crippen molar-refractivity contribution in [1.29, 1.82) is 0 Å². The summed E-state index contributed by atoms with van der Waals surface area (Å²) < 4.78 is 16.1. The molecule has 2 rings (SSSR count). The van der Waals surface area contributed by atoms with E-state index in [0.717, 1.165) is 0 Å². The molecular formula is C23H29NO8. The van der Waals surface area contributed by atoms with Gasteiger partial charge in [0.1, 0.15) is 17.1 Å². The van der Waals surface area contributed by atoms with Crippen LogP contribution in [0, 0.1) is 5.41 Å². The standard InChI is InChI=1S/C23H29NO8/c1-22(2,3)32-21(29)24(13-14-7-8-15(30-5)11-18(14)31-6)17-9-10-23(4,20(27)28)12-16(17)19(25)26/h7-11H,12-13H2,1-6H3,(H,25,26)(H,27,28). The lowest BCUT2D eigenvalue weighted by molar-refractivity contribution is -0.145. The SMILES string of the molecule is COc1ccc(CN(C(=O)OC(C)(C)C)C2=C(C(=O)O)CC(C)(C(=O)O)C=C2)c(OC)c1. The van der Waals surface area contributed by atoms with Crippen LogP contribution in [-0.4, -0.2) is 53.0 Å². The Kier molecular flexibility index (Phi) is 7.23. The number of carbonyl (C=O) groups excluding carboxylic acids is 1. The van der Waals surface area contributed by atoms with E-state index >= 15 is 0 Å². The number of hydrogen-bond acceptors (Lipinski definition) is 6. The van der Waals surface area contributed by atoms with E-state index < -0.39 is 29.0 Å². The summed E-state index contributed by atoms with van der Waals surface area (Å²) >= 11 is 0. The molecule has 174 valence electrons. The van der Waals surface area contributed by atoms with Gasteiger partial charge in [0.25, 0.3) is 0 Å². The molecule has 1 aromatic rings. The molecule has 0 aliphatic heterocycles. The van der Waals surface area contributed by atoms with Gasteiger partial charge in [0.05, 0.1) is 37.4 Å². The highest BCUT2D eigenvalue weighted by Crippen LogP contribution is 2.37. The third-order valence-electron chi connectivity index (χ3n) is 4.94. The molecule has 0 radical (unpaired) electrons. The molecule has 0 aromatic heterocycles. The van der Waals surface area contributed by atoms with Gasteiger partial charge in [-0.25, -0.2) is 9.59 Å². The number of carboxylic acids is 2. The Bertz CT molecular complexity index is 973. The number of hydrogen-bond donors (Lipinski definition) is 2. The van der Waals surface area contributed by atoms with Gasteiger partial charge in [-0.05, 0) is 45.9 Å². The van der Waals surface area contributed by atoms with Crippen LogP contribution in [0.2, 0.25) is 0 Å². The van der Waals surface area contributed by atoms with Crippen molar-refractivity contribution in [1.82, 2.24) is 4.90 Å². The fraction of sp³-hybridized carbons (Fsp3) is 0.435. The highest BCUT2D eigenvalue weighted by Gasteiger charge is 2.39. The lowest BCUT2D eigenvalue weighted by Crippen LogP contribution is -2.39. The average Bonchev–Trinajstić information content (AvgIpc) is 2.70. The molecule has 0 fully saturated rings. The first-order chi connectivity index (χ1) is 14.8. The van der Waals surface area contributed by atoms with Crippen LogP contribution in [0.15, 0.2) is 41.6 Å². The minimum absolute atomic E-state index is 0.0587. The molecule has 0 heterocycles. The highest BCUT2D eigenvalue weighted by atomic mass is 16.6. The Morgan fingerprint density at radius 2 is 1.78 bits per heavy atom. The van der Waals surface area contributed by atoms with Crippen molar-refractivity contribution in [3.63, 3.8) is 0 Å². The Morgan fingerprint density at radius 3 is 2.28 bits per heavy atom. The zero-order chi connectivity index (χ0) is 24.3. The molecule has 0 saturated heterocycles. The lowest BCUT2D eigenvalue weighted by Gasteiger charge is -2.33. The number of benzene rings is 1. The van der Waals surface area contributed by atoms with Crippen LogP contribution in [-0.2, 0) is 20.9 Å². The normalized spacial score (nSPS) is 18.2. The maximum absolute atomic E-state index is 13.1. The third kappa shape index (κ3) is 5.60. The minimum Gasteiger partial charge on any atom is -0.497 e. The minimum atomic E-state index is -1.41. The van der Waals surface area contributed by atoms with Gasteiger partial charge in [0, 0.05) is 18.1 Å². The van der Waals surface area contributed by atoms with E-state index in [1.165, 1.54) is 38.2 Å². The number of carbonyl (C=O) groups is 3. The van der Waals surface area contributed by atoms with Crippen LogP contribution in [0.25, 0.3) is 0 Å². The van der Waals surface area contributed by atoms with Crippen molar-refractivity contribution in [2.75, 3.05) is 14.2 Å². The number of rotatable bonds is 7. The number of allylic oxidation sites excluding steroid dienone is 1. The molecule has 0 spiro atoms. The van der Waals surface area contributed by atoms with Crippen LogP contribution in [0.1, 0.15) is 39.7 Å². The van der Waals surface area contributed by atoms with Crippen LogP contribution in [0.5, 0.6) is 11.5 Å². The van der Waals surface area contributed by atoms with Gasteiger partial charge in [-0.3, -0.25) is 9.69 Å². The molecule has 2 N–H and O–H groups in total. The Morgan fingerprint density at radius 1 is 1.12 bits per heavy atom. The number of carboxylic acid groups (broad SMARTS) is 2. The first-order valence-electron chi connectivity index (χ1n) is 9.92. The zero-order valence-electron chi connectivity index (χ0n) is 19.1. The molecule has 1 aromatic carbocycles. The first-order valence-corrected chi connectivity index (χ1v) is 9.92. The van der Waals surface area contributed by atoms with Crippen LogP contribution in [0.3, 0.4) is 0 Å². The Labute approximate surface area is 186 Å². The Balaban J connectivity index is 2.59. The van der Waals surface area contributed by atoms with E-state index in [0.29, 0.717) is 17.1 Å². The molecular weight excluding hydrogens is 418 g/mol. The molecule has 1 aliphatic rings. The molecule has 1 unspecified atom stereocenters. The number of aliphatic carboxylic acids is 2. The quantitative estimate of drug-likeness (QED) is 0.647. The summed E-state index contributed by atoms with van der Waals surface area (Å²) in [6.45, 7) is 6.45. The second-order valence-electron chi connectivity index (χ2n) is 8.65. The van der Waals surface area contributed by atoms with Crippen molar-refractivity contribution >= 4 is 18.0 Å². The predicted molar refractivity (Wildman–Crippen MR) is 115 cm³/mol. The van der Waals surface area contributed by atoms with Crippen molar-refractivity contribution in [2.45, 2.75) is 46.3 Å². The van der Waals surface area contributed by atoms with E-state index in [9.17, 15) is 24.6 Å². The number of nitrogens with zero attached hydrogens (tertiary/aromatic N) is 1. The van der Waals surface area contributed by atoms with Gasteiger partial charge in [-0.15, -0.1) is 0 Å². The maximum atomic E-state index is 13.1. The van der Waals surface area contributed by atoms with Crippen LogP contribution < -0.4 is 9.47 Å². The molecule has 9 heteroatoms. The van der Waals surface area contributed by atoms with E-state index in [2.05, 4.69) is 0 Å². The van der Waals surface area contributed by atoms with Crippen LogP contribution >= 0.6 is 0 Å². The predicted octanol–water partition coefficient (Wildman–Crippen LogP) is 3.83. The largest absolute Gasteiger partial charge is 0.497 e. The van der Waals surface area contributed by atoms with Crippen LogP contribution in [0.4, 0.5) is 4.79 Å². The number of amides is 1. The summed E-state index contributed by atoms with van der Waals surface area (Å²) in [4.78, 5) is 38.0. The number of ether oxygens (including phenoxy) is 3. The monoisotopic (exact) mass is 447 g/mol. The van der Waals surface area contributed by atoms with E-state index in [1.54, 1.807) is 39.0 Å². The highest BCUT2D eigenvalue weighted by molar-refractivity contribution is 5.92. The second-order valence-corrected chi connectivity index (χ2v) is 8.65. The van der Waals surface area contributed by atoms with Crippen molar-refractivity contribution < 1.29 is 38.8 Å². The molecule has 32 heavy (non-hydrogen) atoms. The Hall–Kier alpha value is -3.49. The summed E-state index contributed by atoms with van der Waals surface area (Å²) in [6.07, 6.45) is 1.68. The first kappa shape index (κ1) is 24.8. The smallest absolute Gasteiger partial charge is 0.415 e. The fourth-order valence-corrected chi connectivity index (χ4v) is 3.18. The van der Waals surface area contributed by atoms with Crippen molar-refractivity contribution in [3.05, 3.63) is 47.2 Å². The van der Waals surface area contributed by atoms with Gasteiger partial charge in [-0.1, -0.05) is 6.08 Å². The van der Waals surface area contributed by atoms with Gasteiger partial charge >= 0.3 is 18.0 Å². The third-order valence-corrected chi connectivity index (χ3v) is 4.94.